The molecular formula is C14H26N2O5. The molecule has 0 saturated carbocycles. The lowest BCUT2D eigenvalue weighted by Crippen LogP contribution is -2.61. The van der Waals surface area contributed by atoms with Gasteiger partial charge in [-0.05, 0) is 27.7 Å². The third-order valence-corrected chi connectivity index (χ3v) is 3.28. The number of carbonyl (C=O) groups is 2. The molecule has 1 fully saturated rings. The molecule has 0 aromatic rings. The van der Waals surface area contributed by atoms with Crippen LogP contribution in [0.3, 0.4) is 0 Å². The molecular weight excluding hydrogens is 276 g/mol. The van der Waals surface area contributed by atoms with Crippen molar-refractivity contribution < 1.29 is 24.2 Å². The number of amides is 1. The zero-order valence-corrected chi connectivity index (χ0v) is 13.5. The highest BCUT2D eigenvalue weighted by atomic mass is 16.6. The van der Waals surface area contributed by atoms with Gasteiger partial charge in [-0.15, -0.1) is 0 Å². The first-order chi connectivity index (χ1) is 9.64. The molecule has 0 aromatic carbocycles. The molecule has 0 bridgehead atoms. The largest absolute Gasteiger partial charge is 0.480 e. The van der Waals surface area contributed by atoms with Crippen molar-refractivity contribution in [3.63, 3.8) is 0 Å². The van der Waals surface area contributed by atoms with Crippen LogP contribution in [0.15, 0.2) is 0 Å². The lowest BCUT2D eigenvalue weighted by atomic mass is 10.1. The van der Waals surface area contributed by atoms with Gasteiger partial charge in [0.25, 0.3) is 0 Å². The first kappa shape index (κ1) is 17.7. The highest BCUT2D eigenvalue weighted by Gasteiger charge is 2.36. The molecule has 7 nitrogen and oxygen atoms in total. The Morgan fingerprint density at radius 1 is 1.29 bits per heavy atom. The number of hydrogen-bond donors (Lipinski definition) is 1. The van der Waals surface area contributed by atoms with E-state index in [0.29, 0.717) is 19.7 Å². The monoisotopic (exact) mass is 302 g/mol. The molecule has 1 rings (SSSR count). The Morgan fingerprint density at radius 3 is 2.38 bits per heavy atom. The standard InChI is InChI=1S/C14H26N2O5/c1-10-6-15(8-12(17)18)11(9-20-5)7-16(10)13(19)21-14(2,3)4/h10-11H,6-9H2,1-5H3,(H,17,18)/t10-,11-/m1/s1. The Bertz CT molecular complexity index is 380. The molecule has 1 heterocycles. The van der Waals surface area contributed by atoms with Crippen LogP contribution in [0.25, 0.3) is 0 Å². The number of piperazine rings is 1. The summed E-state index contributed by atoms with van der Waals surface area (Å²) in [5.74, 6) is -0.881. The van der Waals surface area contributed by atoms with Gasteiger partial charge in [0.15, 0.2) is 0 Å². The SMILES string of the molecule is COC[C@H]1CN(C(=O)OC(C)(C)C)[C@H](C)CN1CC(=O)O. The Balaban J connectivity index is 2.77. The Morgan fingerprint density at radius 2 is 1.90 bits per heavy atom. The average Bonchev–Trinajstić information content (AvgIpc) is 2.29. The van der Waals surface area contributed by atoms with Crippen molar-refractivity contribution >= 4 is 12.1 Å². The fourth-order valence-electron chi connectivity index (χ4n) is 2.40. The molecule has 0 aliphatic carbocycles. The maximum atomic E-state index is 12.2. The zero-order chi connectivity index (χ0) is 16.2. The normalized spacial score (nSPS) is 24.0. The van der Waals surface area contributed by atoms with Crippen molar-refractivity contribution in [2.24, 2.45) is 0 Å². The van der Waals surface area contributed by atoms with Crippen LogP contribution in [0.5, 0.6) is 0 Å². The smallest absolute Gasteiger partial charge is 0.410 e. The van der Waals surface area contributed by atoms with Crippen molar-refractivity contribution in [1.29, 1.82) is 0 Å². The van der Waals surface area contributed by atoms with E-state index in [-0.39, 0.29) is 24.7 Å². The van der Waals surface area contributed by atoms with Gasteiger partial charge in [0, 0.05) is 26.2 Å². The fourth-order valence-corrected chi connectivity index (χ4v) is 2.40. The minimum absolute atomic E-state index is 0.0550. The van der Waals surface area contributed by atoms with Gasteiger partial charge < -0.3 is 19.5 Å². The summed E-state index contributed by atoms with van der Waals surface area (Å²) in [7, 11) is 1.56. The number of nitrogens with zero attached hydrogens (tertiary/aromatic N) is 2. The van der Waals surface area contributed by atoms with Crippen molar-refractivity contribution in [3.05, 3.63) is 0 Å². The molecule has 21 heavy (non-hydrogen) atoms. The minimum atomic E-state index is -0.881. The second-order valence-electron chi connectivity index (χ2n) is 6.41. The molecule has 1 saturated heterocycles. The maximum Gasteiger partial charge on any atom is 0.410 e. The van der Waals surface area contributed by atoms with Gasteiger partial charge in [-0.3, -0.25) is 9.69 Å². The first-order valence-electron chi connectivity index (χ1n) is 7.08. The maximum absolute atomic E-state index is 12.2. The summed E-state index contributed by atoms with van der Waals surface area (Å²) in [5, 5.41) is 8.98. The minimum Gasteiger partial charge on any atom is -0.480 e. The molecule has 0 unspecified atom stereocenters. The van der Waals surface area contributed by atoms with Crippen LogP contribution in [-0.2, 0) is 14.3 Å². The van der Waals surface area contributed by atoms with E-state index in [2.05, 4.69) is 0 Å². The summed E-state index contributed by atoms with van der Waals surface area (Å²) >= 11 is 0. The topological polar surface area (TPSA) is 79.3 Å². The Kier molecular flexibility index (Phi) is 5.98. The van der Waals surface area contributed by atoms with Crippen LogP contribution >= 0.6 is 0 Å². The summed E-state index contributed by atoms with van der Waals surface area (Å²) in [4.78, 5) is 26.6. The van der Waals surface area contributed by atoms with Crippen LogP contribution in [0.4, 0.5) is 4.79 Å². The molecule has 1 N–H and O–H groups in total. The number of hydrogen-bond acceptors (Lipinski definition) is 5. The van der Waals surface area contributed by atoms with E-state index in [1.807, 2.05) is 32.6 Å². The number of carbonyl (C=O) groups excluding carboxylic acids is 1. The van der Waals surface area contributed by atoms with Gasteiger partial charge in [0.1, 0.15) is 5.60 Å². The summed E-state index contributed by atoms with van der Waals surface area (Å²) in [6, 6.07) is -0.248. The van der Waals surface area contributed by atoms with Gasteiger partial charge in [-0.1, -0.05) is 0 Å². The fraction of sp³-hybridized carbons (Fsp3) is 0.857. The molecule has 1 aliphatic rings. The van der Waals surface area contributed by atoms with Crippen LogP contribution < -0.4 is 0 Å². The van der Waals surface area contributed by atoms with Crippen LogP contribution in [0, 0.1) is 0 Å². The van der Waals surface area contributed by atoms with Crippen LogP contribution in [0.2, 0.25) is 0 Å². The van der Waals surface area contributed by atoms with Gasteiger partial charge in [-0.25, -0.2) is 4.79 Å². The van der Waals surface area contributed by atoms with E-state index < -0.39 is 11.6 Å². The molecule has 1 aliphatic heterocycles. The van der Waals surface area contributed by atoms with Crippen molar-refractivity contribution in [2.75, 3.05) is 33.4 Å². The van der Waals surface area contributed by atoms with E-state index in [1.165, 1.54) is 0 Å². The van der Waals surface area contributed by atoms with Crippen molar-refractivity contribution in [2.45, 2.75) is 45.4 Å². The van der Waals surface area contributed by atoms with Gasteiger partial charge >= 0.3 is 12.1 Å². The zero-order valence-electron chi connectivity index (χ0n) is 13.5. The average molecular weight is 302 g/mol. The molecule has 122 valence electrons. The van der Waals surface area contributed by atoms with Crippen molar-refractivity contribution in [3.8, 4) is 0 Å². The molecule has 1 amide bonds. The predicted molar refractivity (Wildman–Crippen MR) is 77.3 cm³/mol. The van der Waals surface area contributed by atoms with E-state index in [9.17, 15) is 9.59 Å². The third-order valence-electron chi connectivity index (χ3n) is 3.28. The lowest BCUT2D eigenvalue weighted by molar-refractivity contribution is -0.140. The Labute approximate surface area is 125 Å². The summed E-state index contributed by atoms with van der Waals surface area (Å²) < 4.78 is 10.5. The predicted octanol–water partition coefficient (Wildman–Crippen LogP) is 1.03. The van der Waals surface area contributed by atoms with E-state index in [4.69, 9.17) is 14.6 Å². The highest BCUT2D eigenvalue weighted by molar-refractivity contribution is 5.70. The number of rotatable bonds is 4. The second-order valence-corrected chi connectivity index (χ2v) is 6.41. The molecule has 7 heteroatoms. The lowest BCUT2D eigenvalue weighted by Gasteiger charge is -2.44. The van der Waals surface area contributed by atoms with Crippen LogP contribution in [-0.4, -0.2) is 78.0 Å². The summed E-state index contributed by atoms with van der Waals surface area (Å²) in [6.07, 6.45) is -0.369. The highest BCUT2D eigenvalue weighted by Crippen LogP contribution is 2.19. The quantitative estimate of drug-likeness (QED) is 0.835. The van der Waals surface area contributed by atoms with Crippen LogP contribution in [0.1, 0.15) is 27.7 Å². The first-order valence-corrected chi connectivity index (χ1v) is 7.08. The molecule has 2 atom stereocenters. The number of carboxylic acids is 1. The van der Waals surface area contributed by atoms with E-state index in [1.54, 1.807) is 12.0 Å². The molecule has 0 aromatic heterocycles. The molecule has 0 radical (unpaired) electrons. The summed E-state index contributed by atoms with van der Waals surface area (Å²) in [5.41, 5.74) is -0.550. The Hall–Kier alpha value is -1.34. The number of aliphatic carboxylic acids is 1. The third kappa shape index (κ3) is 5.51. The van der Waals surface area contributed by atoms with Gasteiger partial charge in [0.05, 0.1) is 19.2 Å². The van der Waals surface area contributed by atoms with E-state index in [0.717, 1.165) is 0 Å². The second kappa shape index (κ2) is 7.09. The van der Waals surface area contributed by atoms with Crippen molar-refractivity contribution in [1.82, 2.24) is 9.80 Å². The van der Waals surface area contributed by atoms with Gasteiger partial charge in [0.2, 0.25) is 0 Å². The number of ether oxygens (including phenoxy) is 2. The summed E-state index contributed by atoms with van der Waals surface area (Å²) in [6.45, 7) is 8.56. The van der Waals surface area contributed by atoms with E-state index >= 15 is 0 Å². The molecule has 0 spiro atoms. The number of methoxy groups -OCH3 is 1. The number of carboxylic acid groups (broad SMARTS) is 1. The van der Waals surface area contributed by atoms with Gasteiger partial charge in [-0.2, -0.15) is 0 Å².